The zero-order valence-electron chi connectivity index (χ0n) is 45.0. The molecule has 0 unspecified atom stereocenters. The Hall–Kier alpha value is -8.01. The molecule has 10 rings (SSSR count). The van der Waals surface area contributed by atoms with Crippen LogP contribution in [0.1, 0.15) is 90.1 Å². The molecule has 0 radical (unpaired) electrons. The van der Waals surface area contributed by atoms with Gasteiger partial charge in [0, 0.05) is 52.0 Å². The first-order valence-corrected chi connectivity index (χ1v) is 26.1. The Kier molecular flexibility index (Phi) is 13.2. The van der Waals surface area contributed by atoms with Gasteiger partial charge in [-0.3, -0.25) is 15.0 Å². The third kappa shape index (κ3) is 10.2. The highest BCUT2D eigenvalue weighted by Gasteiger charge is 2.22. The highest BCUT2D eigenvalue weighted by atomic mass is 14.7. The molecule has 3 nitrogen and oxygen atoms in total. The molecular weight excluding hydrogens is 895 g/mol. The molecule has 0 amide bonds. The van der Waals surface area contributed by atoms with Crippen LogP contribution in [0.2, 0.25) is 0 Å². The maximum absolute atomic E-state index is 5.09. The molecule has 0 N–H and O–H groups in total. The van der Waals surface area contributed by atoms with Crippen molar-refractivity contribution in [3.8, 4) is 101 Å². The lowest BCUT2D eigenvalue weighted by molar-refractivity contribution is 0.586. The van der Waals surface area contributed by atoms with Gasteiger partial charge in [0.1, 0.15) is 0 Å². The number of benzene rings is 7. The number of nitrogens with zero attached hydrogens (tertiary/aromatic N) is 3. The fraction of sp³-hybridized carbons (Fsp3) is 0.197. The molecule has 0 saturated heterocycles. The van der Waals surface area contributed by atoms with Gasteiger partial charge in [0.15, 0.2) is 0 Å². The number of rotatable bonds is 9. The van der Waals surface area contributed by atoms with E-state index in [1.165, 1.54) is 27.8 Å². The second-order valence-corrected chi connectivity index (χ2v) is 23.1. The summed E-state index contributed by atoms with van der Waals surface area (Å²) in [5.74, 6) is 0. The molecule has 3 heteroatoms. The summed E-state index contributed by atoms with van der Waals surface area (Å²) in [4.78, 5) is 15.2. The van der Waals surface area contributed by atoms with Crippen LogP contribution in [-0.4, -0.2) is 15.0 Å². The lowest BCUT2D eigenvalue weighted by atomic mass is 9.83. The molecule has 0 aliphatic heterocycles. The molecule has 7 aromatic carbocycles. The second kappa shape index (κ2) is 19.8. The van der Waals surface area contributed by atoms with Gasteiger partial charge in [-0.15, -0.1) is 0 Å². The number of aromatic nitrogens is 3. The standard InChI is InChI=1S/C71H67N3/c1-46-40-50(28-36-65(46)71(9,10)11)68-39-31-51(43-74-68)57-18-12-13-21-60(57)54-41-63(61-22-16-14-19-58(61)52-29-37-66(72-44-52)48-24-32-55(33-25-48)69(3,4)5)47(2)64(42-54)62-23-17-15-20-59(62)53-30-38-67(73-45-53)49-26-34-56(35-27-49)70(6,7)8/h12-45H,1-11H3. The van der Waals surface area contributed by atoms with Crippen LogP contribution in [0, 0.1) is 13.8 Å². The van der Waals surface area contributed by atoms with Crippen LogP contribution in [0.5, 0.6) is 0 Å². The van der Waals surface area contributed by atoms with E-state index in [1.54, 1.807) is 0 Å². The average molecular weight is 962 g/mol. The molecule has 10 aromatic rings. The topological polar surface area (TPSA) is 38.7 Å². The van der Waals surface area contributed by atoms with E-state index in [1.807, 2.05) is 18.6 Å². The monoisotopic (exact) mass is 962 g/mol. The van der Waals surface area contributed by atoms with Crippen molar-refractivity contribution in [2.75, 3.05) is 0 Å². The quantitative estimate of drug-likeness (QED) is 0.145. The largest absolute Gasteiger partial charge is 0.256 e. The van der Waals surface area contributed by atoms with E-state index < -0.39 is 0 Å². The SMILES string of the molecule is Cc1cc(-c2ccc(-c3ccccc3-c3cc(-c4ccccc4-c4ccc(-c5ccc(C(C)(C)C)cc5)nc4)c(C)c(-c4ccccc4-c4ccc(-c5ccc(C(C)(C)C)cc5)nc4)c3)cn2)ccc1C(C)(C)C. The van der Waals surface area contributed by atoms with Crippen molar-refractivity contribution in [1.29, 1.82) is 0 Å². The first-order chi connectivity index (χ1) is 35.4. The molecule has 0 fully saturated rings. The summed E-state index contributed by atoms with van der Waals surface area (Å²) in [5, 5.41) is 0. The Bertz CT molecular complexity index is 3450. The molecule has 366 valence electrons. The van der Waals surface area contributed by atoms with Crippen LogP contribution in [0.25, 0.3) is 101 Å². The summed E-state index contributed by atoms with van der Waals surface area (Å²) < 4.78 is 0. The third-order valence-corrected chi connectivity index (χ3v) is 14.7. The lowest BCUT2D eigenvalue weighted by Crippen LogP contribution is -2.12. The maximum Gasteiger partial charge on any atom is 0.0702 e. The zero-order valence-corrected chi connectivity index (χ0v) is 45.0. The molecular formula is C71H67N3. The fourth-order valence-electron chi connectivity index (χ4n) is 10.5. The summed E-state index contributed by atoms with van der Waals surface area (Å²) in [6.45, 7) is 24.8. The Morgan fingerprint density at radius 2 is 0.595 bits per heavy atom. The normalized spacial score (nSPS) is 12.0. The molecule has 74 heavy (non-hydrogen) atoms. The van der Waals surface area contributed by atoms with Crippen LogP contribution >= 0.6 is 0 Å². The Balaban J connectivity index is 1.09. The van der Waals surface area contributed by atoms with E-state index in [4.69, 9.17) is 15.0 Å². The van der Waals surface area contributed by atoms with Crippen molar-refractivity contribution in [2.24, 2.45) is 0 Å². The molecule has 0 aliphatic carbocycles. The minimum Gasteiger partial charge on any atom is -0.256 e. The highest BCUT2D eigenvalue weighted by Crippen LogP contribution is 2.45. The molecule has 0 aliphatic rings. The number of aryl methyl sites for hydroxylation is 1. The van der Waals surface area contributed by atoms with Crippen molar-refractivity contribution < 1.29 is 0 Å². The van der Waals surface area contributed by atoms with E-state index in [0.29, 0.717) is 0 Å². The summed E-state index contributed by atoms with van der Waals surface area (Å²) in [6.07, 6.45) is 6.10. The predicted molar refractivity (Wildman–Crippen MR) is 314 cm³/mol. The van der Waals surface area contributed by atoms with Gasteiger partial charge in [0.05, 0.1) is 17.1 Å². The first-order valence-electron chi connectivity index (χ1n) is 26.1. The number of hydrogen-bond acceptors (Lipinski definition) is 3. The summed E-state index contributed by atoms with van der Waals surface area (Å²) >= 11 is 0. The fourth-order valence-corrected chi connectivity index (χ4v) is 10.5. The zero-order chi connectivity index (χ0) is 51.9. The molecule has 0 saturated carbocycles. The van der Waals surface area contributed by atoms with Gasteiger partial charge in [0.25, 0.3) is 0 Å². The van der Waals surface area contributed by atoms with Gasteiger partial charge in [-0.25, -0.2) is 0 Å². The molecule has 3 heterocycles. The molecule has 3 aromatic heterocycles. The van der Waals surface area contributed by atoms with Crippen LogP contribution in [-0.2, 0) is 16.2 Å². The maximum atomic E-state index is 5.09. The Labute approximate surface area is 440 Å². The van der Waals surface area contributed by atoms with Crippen LogP contribution in [0.15, 0.2) is 207 Å². The molecule has 0 spiro atoms. The van der Waals surface area contributed by atoms with Crippen LogP contribution in [0.3, 0.4) is 0 Å². The van der Waals surface area contributed by atoms with Gasteiger partial charge in [-0.1, -0.05) is 214 Å². The minimum absolute atomic E-state index is 0.0780. The van der Waals surface area contributed by atoms with Gasteiger partial charge in [-0.2, -0.15) is 0 Å². The number of pyridine rings is 3. The van der Waals surface area contributed by atoms with E-state index in [9.17, 15) is 0 Å². The Morgan fingerprint density at radius 1 is 0.270 bits per heavy atom. The van der Waals surface area contributed by atoms with E-state index >= 15 is 0 Å². The average Bonchev–Trinajstić information content (AvgIpc) is 3.40. The minimum atomic E-state index is 0.0780. The summed E-state index contributed by atoms with van der Waals surface area (Å²) in [7, 11) is 0. The predicted octanol–water partition coefficient (Wildman–Crippen LogP) is 19.4. The second-order valence-electron chi connectivity index (χ2n) is 23.1. The summed E-state index contributed by atoms with van der Waals surface area (Å²) in [5.41, 5.74) is 26.4. The van der Waals surface area contributed by atoms with Crippen molar-refractivity contribution in [3.63, 3.8) is 0 Å². The van der Waals surface area contributed by atoms with Crippen molar-refractivity contribution in [2.45, 2.75) is 92.4 Å². The Morgan fingerprint density at radius 3 is 0.932 bits per heavy atom. The lowest BCUT2D eigenvalue weighted by Gasteiger charge is -2.22. The summed E-state index contributed by atoms with van der Waals surface area (Å²) in [6, 6.07) is 68.6. The first kappa shape index (κ1) is 49.6. The molecule has 0 bridgehead atoms. The van der Waals surface area contributed by atoms with Gasteiger partial charge >= 0.3 is 0 Å². The van der Waals surface area contributed by atoms with Crippen molar-refractivity contribution >= 4 is 0 Å². The smallest absolute Gasteiger partial charge is 0.0702 e. The van der Waals surface area contributed by atoms with Gasteiger partial charge in [-0.05, 0) is 144 Å². The third-order valence-electron chi connectivity index (χ3n) is 14.7. The van der Waals surface area contributed by atoms with E-state index in [2.05, 4.69) is 264 Å². The highest BCUT2D eigenvalue weighted by molar-refractivity contribution is 5.96. The van der Waals surface area contributed by atoms with Crippen molar-refractivity contribution in [3.05, 3.63) is 234 Å². The number of hydrogen-bond donors (Lipinski definition) is 0. The van der Waals surface area contributed by atoms with Crippen molar-refractivity contribution in [1.82, 2.24) is 15.0 Å². The van der Waals surface area contributed by atoms with Crippen LogP contribution < -0.4 is 0 Å². The van der Waals surface area contributed by atoms with Gasteiger partial charge in [0.2, 0.25) is 0 Å². The van der Waals surface area contributed by atoms with Gasteiger partial charge < -0.3 is 0 Å². The molecule has 0 atom stereocenters. The van der Waals surface area contributed by atoms with E-state index in [0.717, 1.165) is 101 Å². The van der Waals surface area contributed by atoms with E-state index in [-0.39, 0.29) is 16.2 Å². The van der Waals surface area contributed by atoms with Crippen LogP contribution in [0.4, 0.5) is 0 Å².